The molecule has 0 unspecified atom stereocenters. The number of carbonyl (C=O) groups is 1. The Morgan fingerprint density at radius 3 is 2.45 bits per heavy atom. The van der Waals surface area contributed by atoms with Gasteiger partial charge in [-0.05, 0) is 32.4 Å². The van der Waals surface area contributed by atoms with Crippen molar-refractivity contribution in [1.29, 1.82) is 0 Å². The topological polar surface area (TPSA) is 54.0 Å². The number of aromatic nitrogens is 1. The van der Waals surface area contributed by atoms with E-state index >= 15 is 0 Å². The molecule has 1 aromatic rings. The van der Waals surface area contributed by atoms with E-state index in [2.05, 4.69) is 43.3 Å². The Balaban J connectivity index is 3.12. The summed E-state index contributed by atoms with van der Waals surface area (Å²) in [6, 6.07) is 3.83. The lowest BCUT2D eigenvalue weighted by atomic mass is 9.90. The number of pyridine rings is 1. The van der Waals surface area contributed by atoms with Crippen molar-refractivity contribution in [3.63, 3.8) is 0 Å². The zero-order valence-electron chi connectivity index (χ0n) is 13.5. The van der Waals surface area contributed by atoms with Gasteiger partial charge >= 0.3 is 0 Å². The normalized spacial score (nSPS) is 11.6. The van der Waals surface area contributed by atoms with Crippen LogP contribution in [-0.4, -0.2) is 23.5 Å². The summed E-state index contributed by atoms with van der Waals surface area (Å²) < 4.78 is 0. The van der Waals surface area contributed by atoms with E-state index in [-0.39, 0.29) is 17.4 Å². The first-order chi connectivity index (χ1) is 9.24. The second kappa shape index (κ2) is 6.73. The molecule has 0 atom stereocenters. The highest BCUT2D eigenvalue weighted by Crippen LogP contribution is 2.23. The lowest BCUT2D eigenvalue weighted by molar-refractivity contribution is 0.0943. The van der Waals surface area contributed by atoms with Crippen molar-refractivity contribution in [2.75, 3.05) is 11.9 Å². The smallest absolute Gasteiger partial charge is 0.251 e. The molecule has 1 amide bonds. The van der Waals surface area contributed by atoms with E-state index in [0.29, 0.717) is 5.56 Å². The number of rotatable bonds is 5. The summed E-state index contributed by atoms with van der Waals surface area (Å²) in [5.41, 5.74) is 1.50. The molecule has 0 aliphatic heterocycles. The summed E-state index contributed by atoms with van der Waals surface area (Å²) in [4.78, 5) is 16.8. The predicted molar refractivity (Wildman–Crippen MR) is 84.3 cm³/mol. The fourth-order valence-electron chi connectivity index (χ4n) is 1.74. The molecule has 4 heteroatoms. The number of anilines is 1. The van der Waals surface area contributed by atoms with Gasteiger partial charge in [0.05, 0.1) is 0 Å². The van der Waals surface area contributed by atoms with Crippen LogP contribution in [0.4, 0.5) is 5.82 Å². The SMILES string of the molecule is CCCNc1cc(C(=O)NC(C)C)cc(C(C)(C)C)n1. The van der Waals surface area contributed by atoms with Crippen molar-refractivity contribution in [2.24, 2.45) is 0 Å². The minimum absolute atomic E-state index is 0.0487. The van der Waals surface area contributed by atoms with Gasteiger partial charge in [-0.15, -0.1) is 0 Å². The van der Waals surface area contributed by atoms with Crippen molar-refractivity contribution >= 4 is 11.7 Å². The number of nitrogens with zero attached hydrogens (tertiary/aromatic N) is 1. The molecule has 1 heterocycles. The number of nitrogens with one attached hydrogen (secondary N) is 2. The van der Waals surface area contributed by atoms with Crippen molar-refractivity contribution in [1.82, 2.24) is 10.3 Å². The molecule has 0 bridgehead atoms. The first-order valence-corrected chi connectivity index (χ1v) is 7.31. The lowest BCUT2D eigenvalue weighted by Gasteiger charge is -2.20. The lowest BCUT2D eigenvalue weighted by Crippen LogP contribution is -2.30. The molecule has 0 saturated heterocycles. The third kappa shape index (κ3) is 4.83. The Morgan fingerprint density at radius 1 is 1.30 bits per heavy atom. The Hall–Kier alpha value is -1.58. The summed E-state index contributed by atoms with van der Waals surface area (Å²) in [5.74, 6) is 0.723. The molecule has 0 aliphatic rings. The van der Waals surface area contributed by atoms with Crippen LogP contribution in [0.5, 0.6) is 0 Å². The molecule has 0 spiro atoms. The Bertz CT molecular complexity index is 461. The van der Waals surface area contributed by atoms with E-state index in [1.165, 1.54) is 0 Å². The van der Waals surface area contributed by atoms with E-state index in [9.17, 15) is 4.79 Å². The summed E-state index contributed by atoms with van der Waals surface area (Å²) >= 11 is 0. The maximum atomic E-state index is 12.2. The molecule has 20 heavy (non-hydrogen) atoms. The Labute approximate surface area is 122 Å². The number of hydrogen-bond donors (Lipinski definition) is 2. The van der Waals surface area contributed by atoms with Gasteiger partial charge in [0, 0.05) is 29.3 Å². The van der Waals surface area contributed by atoms with Crippen LogP contribution >= 0.6 is 0 Å². The van der Waals surface area contributed by atoms with Gasteiger partial charge < -0.3 is 10.6 Å². The van der Waals surface area contributed by atoms with Gasteiger partial charge in [-0.25, -0.2) is 4.98 Å². The van der Waals surface area contributed by atoms with Crippen molar-refractivity contribution in [3.8, 4) is 0 Å². The van der Waals surface area contributed by atoms with Crippen molar-refractivity contribution in [3.05, 3.63) is 23.4 Å². The zero-order chi connectivity index (χ0) is 15.3. The molecule has 1 aromatic heterocycles. The summed E-state index contributed by atoms with van der Waals surface area (Å²) in [5, 5.41) is 6.19. The maximum Gasteiger partial charge on any atom is 0.251 e. The number of amides is 1. The quantitative estimate of drug-likeness (QED) is 0.868. The third-order valence-electron chi connectivity index (χ3n) is 2.83. The van der Waals surface area contributed by atoms with E-state index in [0.717, 1.165) is 24.5 Å². The van der Waals surface area contributed by atoms with Crippen LogP contribution in [0, 0.1) is 0 Å². The molecule has 4 nitrogen and oxygen atoms in total. The van der Waals surface area contributed by atoms with Gasteiger partial charge in [0.2, 0.25) is 0 Å². The first-order valence-electron chi connectivity index (χ1n) is 7.31. The van der Waals surface area contributed by atoms with Crippen molar-refractivity contribution < 1.29 is 4.79 Å². The molecule has 0 aliphatic carbocycles. The highest BCUT2D eigenvalue weighted by atomic mass is 16.1. The molecule has 0 saturated carbocycles. The Kier molecular flexibility index (Phi) is 5.54. The van der Waals surface area contributed by atoms with E-state index in [1.54, 1.807) is 0 Å². The van der Waals surface area contributed by atoms with Gasteiger partial charge in [0.1, 0.15) is 5.82 Å². The largest absolute Gasteiger partial charge is 0.370 e. The second-order valence-electron chi connectivity index (χ2n) is 6.43. The molecule has 2 N–H and O–H groups in total. The monoisotopic (exact) mass is 277 g/mol. The summed E-state index contributed by atoms with van der Waals surface area (Å²) in [6.07, 6.45) is 1.02. The number of hydrogen-bond acceptors (Lipinski definition) is 3. The van der Waals surface area contributed by atoms with Crippen LogP contribution in [0.1, 0.15) is 64.0 Å². The first kappa shape index (κ1) is 16.5. The van der Waals surface area contributed by atoms with Crippen LogP contribution in [0.3, 0.4) is 0 Å². The fourth-order valence-corrected chi connectivity index (χ4v) is 1.74. The highest BCUT2D eigenvalue weighted by Gasteiger charge is 2.19. The second-order valence-corrected chi connectivity index (χ2v) is 6.43. The Morgan fingerprint density at radius 2 is 1.95 bits per heavy atom. The van der Waals surface area contributed by atoms with E-state index < -0.39 is 0 Å². The van der Waals surface area contributed by atoms with Crippen molar-refractivity contribution in [2.45, 2.75) is 59.4 Å². The van der Waals surface area contributed by atoms with Crippen LogP contribution in [0.2, 0.25) is 0 Å². The fraction of sp³-hybridized carbons (Fsp3) is 0.625. The molecule has 112 valence electrons. The molecule has 0 aromatic carbocycles. The van der Waals surface area contributed by atoms with Crippen LogP contribution in [0.25, 0.3) is 0 Å². The maximum absolute atomic E-state index is 12.2. The van der Waals surface area contributed by atoms with Crippen LogP contribution in [0.15, 0.2) is 12.1 Å². The summed E-state index contributed by atoms with van der Waals surface area (Å²) in [7, 11) is 0. The van der Waals surface area contributed by atoms with Gasteiger partial charge in [0.25, 0.3) is 5.91 Å². The van der Waals surface area contributed by atoms with Gasteiger partial charge in [-0.3, -0.25) is 4.79 Å². The third-order valence-corrected chi connectivity index (χ3v) is 2.83. The minimum Gasteiger partial charge on any atom is -0.370 e. The molecule has 0 fully saturated rings. The summed E-state index contributed by atoms with van der Waals surface area (Å²) in [6.45, 7) is 13.2. The van der Waals surface area contributed by atoms with Gasteiger partial charge in [-0.2, -0.15) is 0 Å². The molecule has 1 rings (SSSR count). The molecular formula is C16H27N3O. The van der Waals surface area contributed by atoms with Gasteiger partial charge in [0.15, 0.2) is 0 Å². The van der Waals surface area contributed by atoms with Crippen LogP contribution < -0.4 is 10.6 Å². The number of carbonyl (C=O) groups excluding carboxylic acids is 1. The molecular weight excluding hydrogens is 250 g/mol. The standard InChI is InChI=1S/C16H27N3O/c1-7-8-17-14-10-12(15(20)18-11(2)3)9-13(19-14)16(4,5)6/h9-11H,7-8H2,1-6H3,(H,17,19)(H,18,20). The average Bonchev–Trinajstić information content (AvgIpc) is 2.34. The predicted octanol–water partition coefficient (Wildman–Crippen LogP) is 3.34. The highest BCUT2D eigenvalue weighted by molar-refractivity contribution is 5.95. The average molecular weight is 277 g/mol. The van der Waals surface area contributed by atoms with E-state index in [4.69, 9.17) is 0 Å². The minimum atomic E-state index is -0.0865. The zero-order valence-corrected chi connectivity index (χ0v) is 13.5. The van der Waals surface area contributed by atoms with Gasteiger partial charge in [-0.1, -0.05) is 27.7 Å². The molecule has 0 radical (unpaired) electrons. The van der Waals surface area contributed by atoms with Crippen LogP contribution in [-0.2, 0) is 5.41 Å². The van der Waals surface area contributed by atoms with E-state index in [1.807, 2.05) is 26.0 Å².